The first-order valence-corrected chi connectivity index (χ1v) is 9.36. The van der Waals surface area contributed by atoms with E-state index in [1.807, 2.05) is 39.7 Å². The van der Waals surface area contributed by atoms with Crippen LogP contribution in [0.15, 0.2) is 47.6 Å². The largest absolute Gasteiger partial charge is 0.310 e. The highest BCUT2D eigenvalue weighted by atomic mass is 32.2. The van der Waals surface area contributed by atoms with Crippen molar-refractivity contribution in [2.45, 2.75) is 29.5 Å². The fourth-order valence-corrected chi connectivity index (χ4v) is 4.47. The summed E-state index contributed by atoms with van der Waals surface area (Å²) < 4.78 is 1.99. The minimum atomic E-state index is 0.205. The van der Waals surface area contributed by atoms with Crippen molar-refractivity contribution in [3.63, 3.8) is 0 Å². The predicted molar refractivity (Wildman–Crippen MR) is 96.4 cm³/mol. The molecule has 1 saturated heterocycles. The van der Waals surface area contributed by atoms with Gasteiger partial charge in [-0.15, -0.1) is 11.8 Å². The third-order valence-corrected chi connectivity index (χ3v) is 5.98. The summed E-state index contributed by atoms with van der Waals surface area (Å²) in [7, 11) is 0. The van der Waals surface area contributed by atoms with Crippen LogP contribution in [0.1, 0.15) is 19.4 Å². The quantitative estimate of drug-likeness (QED) is 0.860. The number of benzene rings is 1. The predicted octanol–water partition coefficient (Wildman–Crippen LogP) is 2.66. The molecule has 0 N–H and O–H groups in total. The molecule has 1 fully saturated rings. The van der Waals surface area contributed by atoms with Gasteiger partial charge in [0.05, 0.1) is 18.3 Å². The summed E-state index contributed by atoms with van der Waals surface area (Å²) in [6.07, 6.45) is 4.83. The van der Waals surface area contributed by atoms with Crippen molar-refractivity contribution in [1.29, 1.82) is 0 Å². The third kappa shape index (κ3) is 3.08. The van der Waals surface area contributed by atoms with Crippen LogP contribution in [0.4, 0.5) is 5.69 Å². The molecule has 5 nitrogen and oxygen atoms in total. The molecule has 6 heteroatoms. The van der Waals surface area contributed by atoms with E-state index < -0.39 is 0 Å². The standard InChI is InChI=1S/C18H22N4OS/c1-14-7-10-21(16-5-2-3-6-17(16)24-14)18(23)13-20-11-15(12-20)22-9-4-8-19-22/h2-6,8-9,14-15H,7,10-13H2,1H3/t14-/m1/s1. The number of thioether (sulfide) groups is 1. The van der Waals surface area contributed by atoms with Gasteiger partial charge >= 0.3 is 0 Å². The number of para-hydroxylation sites is 1. The first kappa shape index (κ1) is 15.7. The van der Waals surface area contributed by atoms with Gasteiger partial charge in [-0.1, -0.05) is 19.1 Å². The summed E-state index contributed by atoms with van der Waals surface area (Å²) >= 11 is 1.87. The lowest BCUT2D eigenvalue weighted by atomic mass is 10.1. The molecule has 1 atom stereocenters. The molecule has 0 bridgehead atoms. The monoisotopic (exact) mass is 342 g/mol. The molecule has 1 amide bonds. The molecule has 1 aromatic carbocycles. The molecule has 0 radical (unpaired) electrons. The van der Waals surface area contributed by atoms with E-state index in [1.54, 1.807) is 6.20 Å². The van der Waals surface area contributed by atoms with Gasteiger partial charge in [0, 0.05) is 42.2 Å². The van der Waals surface area contributed by atoms with Crippen LogP contribution in [0.3, 0.4) is 0 Å². The first-order chi connectivity index (χ1) is 11.7. The Hall–Kier alpha value is -1.79. The van der Waals surface area contributed by atoms with Crippen LogP contribution in [0, 0.1) is 0 Å². The molecule has 2 aliphatic heterocycles. The van der Waals surface area contributed by atoms with Crippen molar-refractivity contribution in [3.05, 3.63) is 42.7 Å². The Bertz CT molecular complexity index is 712. The smallest absolute Gasteiger partial charge is 0.241 e. The van der Waals surface area contributed by atoms with Crippen LogP contribution in [-0.2, 0) is 4.79 Å². The fraction of sp³-hybridized carbons (Fsp3) is 0.444. The van der Waals surface area contributed by atoms with Crippen LogP contribution in [0.5, 0.6) is 0 Å². The van der Waals surface area contributed by atoms with Gasteiger partial charge in [0.15, 0.2) is 0 Å². The molecule has 0 aliphatic carbocycles. The van der Waals surface area contributed by atoms with Gasteiger partial charge < -0.3 is 4.90 Å². The van der Waals surface area contributed by atoms with Gasteiger partial charge in [-0.2, -0.15) is 5.10 Å². The maximum atomic E-state index is 12.9. The zero-order chi connectivity index (χ0) is 16.5. The molecular formula is C18H22N4OS. The topological polar surface area (TPSA) is 41.4 Å². The zero-order valence-electron chi connectivity index (χ0n) is 13.8. The molecule has 126 valence electrons. The Morgan fingerprint density at radius 3 is 2.92 bits per heavy atom. The maximum Gasteiger partial charge on any atom is 0.241 e. The van der Waals surface area contributed by atoms with Gasteiger partial charge in [-0.25, -0.2) is 0 Å². The van der Waals surface area contributed by atoms with E-state index in [-0.39, 0.29) is 5.91 Å². The van der Waals surface area contributed by atoms with Crippen molar-refractivity contribution in [2.75, 3.05) is 31.1 Å². The number of hydrogen-bond acceptors (Lipinski definition) is 4. The van der Waals surface area contributed by atoms with Crippen LogP contribution >= 0.6 is 11.8 Å². The third-order valence-electron chi connectivity index (χ3n) is 4.74. The highest BCUT2D eigenvalue weighted by molar-refractivity contribution is 8.00. The number of anilines is 1. The number of rotatable bonds is 3. The van der Waals surface area contributed by atoms with E-state index in [0.29, 0.717) is 17.8 Å². The number of hydrogen-bond donors (Lipinski definition) is 0. The molecular weight excluding hydrogens is 320 g/mol. The summed E-state index contributed by atoms with van der Waals surface area (Å²) in [5, 5.41) is 4.82. The van der Waals surface area contributed by atoms with Crippen molar-refractivity contribution < 1.29 is 4.79 Å². The SMILES string of the molecule is C[C@@H]1CCN(C(=O)CN2CC(n3cccn3)C2)c2ccccc2S1. The summed E-state index contributed by atoms with van der Waals surface area (Å²) in [5.41, 5.74) is 1.07. The Morgan fingerprint density at radius 2 is 2.12 bits per heavy atom. The highest BCUT2D eigenvalue weighted by Crippen LogP contribution is 2.37. The van der Waals surface area contributed by atoms with Crippen LogP contribution in [0.2, 0.25) is 0 Å². The molecule has 1 aromatic heterocycles. The number of amides is 1. The molecule has 0 unspecified atom stereocenters. The molecule has 3 heterocycles. The van der Waals surface area contributed by atoms with E-state index in [0.717, 1.165) is 31.7 Å². The number of nitrogens with zero attached hydrogens (tertiary/aromatic N) is 4. The number of carbonyl (C=O) groups is 1. The van der Waals surface area contributed by atoms with E-state index in [2.05, 4.69) is 35.1 Å². The number of aromatic nitrogens is 2. The second-order valence-corrected chi connectivity index (χ2v) is 8.04. The van der Waals surface area contributed by atoms with Crippen molar-refractivity contribution >= 4 is 23.4 Å². The molecule has 4 rings (SSSR count). The van der Waals surface area contributed by atoms with Gasteiger partial charge in [0.2, 0.25) is 5.91 Å². The van der Waals surface area contributed by atoms with E-state index in [1.165, 1.54) is 4.90 Å². The summed E-state index contributed by atoms with van der Waals surface area (Å²) in [4.78, 5) is 18.3. The molecule has 24 heavy (non-hydrogen) atoms. The zero-order valence-corrected chi connectivity index (χ0v) is 14.7. The van der Waals surface area contributed by atoms with E-state index in [4.69, 9.17) is 0 Å². The van der Waals surface area contributed by atoms with Gasteiger partial charge in [0.25, 0.3) is 0 Å². The molecule has 0 spiro atoms. The average molecular weight is 342 g/mol. The van der Waals surface area contributed by atoms with Gasteiger partial charge in [0.1, 0.15) is 0 Å². The number of fused-ring (bicyclic) bond motifs is 1. The van der Waals surface area contributed by atoms with Crippen molar-refractivity contribution in [2.24, 2.45) is 0 Å². The first-order valence-electron chi connectivity index (χ1n) is 8.48. The second-order valence-electron chi connectivity index (χ2n) is 6.56. The molecule has 2 aromatic rings. The average Bonchev–Trinajstić information content (AvgIpc) is 3.00. The maximum absolute atomic E-state index is 12.9. The van der Waals surface area contributed by atoms with Crippen LogP contribution < -0.4 is 4.90 Å². The number of likely N-dealkylation sites (tertiary alicyclic amines) is 1. The minimum absolute atomic E-state index is 0.205. The fourth-order valence-electron chi connectivity index (χ4n) is 3.36. The van der Waals surface area contributed by atoms with Crippen LogP contribution in [-0.4, -0.2) is 52.0 Å². The van der Waals surface area contributed by atoms with Crippen LogP contribution in [0.25, 0.3) is 0 Å². The minimum Gasteiger partial charge on any atom is -0.310 e. The van der Waals surface area contributed by atoms with E-state index >= 15 is 0 Å². The Kier molecular flexibility index (Phi) is 4.33. The Labute approximate surface area is 146 Å². The second kappa shape index (κ2) is 6.61. The summed E-state index contributed by atoms with van der Waals surface area (Å²) in [5.74, 6) is 0.205. The van der Waals surface area contributed by atoms with Gasteiger partial charge in [-0.05, 0) is 24.6 Å². The lowest BCUT2D eigenvalue weighted by molar-refractivity contribution is -0.121. The highest BCUT2D eigenvalue weighted by Gasteiger charge is 2.32. The normalized spacial score (nSPS) is 21.9. The Morgan fingerprint density at radius 1 is 1.29 bits per heavy atom. The Balaban J connectivity index is 1.42. The molecule has 2 aliphatic rings. The van der Waals surface area contributed by atoms with E-state index in [9.17, 15) is 4.79 Å². The summed E-state index contributed by atoms with van der Waals surface area (Å²) in [6, 6.07) is 10.6. The lowest BCUT2D eigenvalue weighted by Gasteiger charge is -2.39. The van der Waals surface area contributed by atoms with Crippen molar-refractivity contribution in [3.8, 4) is 0 Å². The lowest BCUT2D eigenvalue weighted by Crippen LogP contribution is -2.52. The molecule has 0 saturated carbocycles. The van der Waals surface area contributed by atoms with Crippen molar-refractivity contribution in [1.82, 2.24) is 14.7 Å². The van der Waals surface area contributed by atoms with Gasteiger partial charge in [-0.3, -0.25) is 14.4 Å². The summed E-state index contributed by atoms with van der Waals surface area (Å²) in [6.45, 7) is 5.33. The number of carbonyl (C=O) groups excluding carboxylic acids is 1.